The molecular weight excluding hydrogens is 404 g/mol. The Morgan fingerprint density at radius 2 is 1.09 bits per heavy atom. The smallest absolute Gasteiger partial charge is 0.341 e. The topological polar surface area (TPSA) is 54.0 Å². The Morgan fingerprint density at radius 1 is 0.594 bits per heavy atom. The predicted octanol–water partition coefficient (Wildman–Crippen LogP) is 4.30. The molecule has 3 rings (SSSR count). The lowest BCUT2D eigenvalue weighted by atomic mass is 10.1. The van der Waals surface area contributed by atoms with Crippen LogP contribution < -0.4 is 14.2 Å². The first-order valence-electron chi connectivity index (χ1n) is 9.70. The summed E-state index contributed by atoms with van der Waals surface area (Å²) >= 11 is 0. The summed E-state index contributed by atoms with van der Waals surface area (Å²) in [4.78, 5) is 11.8. The molecule has 0 saturated heterocycles. The summed E-state index contributed by atoms with van der Waals surface area (Å²) in [5.41, 5.74) is 3.55. The van der Waals surface area contributed by atoms with Gasteiger partial charge in [0, 0.05) is 22.3 Å². The lowest BCUT2D eigenvalue weighted by Crippen LogP contribution is -2.04. The van der Waals surface area contributed by atoms with E-state index < -0.39 is 5.97 Å². The van der Waals surface area contributed by atoms with Crippen LogP contribution in [0.1, 0.15) is 32.6 Å². The average Bonchev–Trinajstić information content (AvgIpc) is 2.85. The molecular formula is C27H22O5. The quantitative estimate of drug-likeness (QED) is 0.460. The number of hydrogen-bond donors (Lipinski definition) is 0. The highest BCUT2D eigenvalue weighted by atomic mass is 16.5. The van der Waals surface area contributed by atoms with E-state index in [0.717, 1.165) is 22.3 Å². The van der Waals surface area contributed by atoms with E-state index in [0.29, 0.717) is 22.8 Å². The van der Waals surface area contributed by atoms with Crippen molar-refractivity contribution in [1.82, 2.24) is 0 Å². The van der Waals surface area contributed by atoms with Gasteiger partial charge in [0.1, 0.15) is 11.3 Å². The molecule has 0 radical (unpaired) electrons. The third-order valence-corrected chi connectivity index (χ3v) is 4.56. The fourth-order valence-electron chi connectivity index (χ4n) is 2.92. The van der Waals surface area contributed by atoms with Gasteiger partial charge in [-0.1, -0.05) is 29.7 Å². The number of benzene rings is 3. The third-order valence-electron chi connectivity index (χ3n) is 4.56. The summed E-state index contributed by atoms with van der Waals surface area (Å²) in [6.45, 7) is 0. The van der Waals surface area contributed by atoms with Gasteiger partial charge in [0.2, 0.25) is 0 Å². The highest BCUT2D eigenvalue weighted by Gasteiger charge is 2.12. The van der Waals surface area contributed by atoms with Gasteiger partial charge in [-0.2, -0.15) is 0 Å². The van der Waals surface area contributed by atoms with Crippen LogP contribution >= 0.6 is 0 Å². The predicted molar refractivity (Wildman–Crippen MR) is 122 cm³/mol. The molecule has 0 aliphatic heterocycles. The van der Waals surface area contributed by atoms with Crippen molar-refractivity contribution in [3.63, 3.8) is 0 Å². The number of rotatable bonds is 4. The summed E-state index contributed by atoms with van der Waals surface area (Å²) in [7, 11) is 6.02. The summed E-state index contributed by atoms with van der Waals surface area (Å²) in [6.07, 6.45) is 0. The number of hydrogen-bond acceptors (Lipinski definition) is 5. The van der Waals surface area contributed by atoms with Crippen LogP contribution in [0.15, 0.2) is 60.7 Å². The van der Waals surface area contributed by atoms with Crippen LogP contribution in [0.3, 0.4) is 0 Å². The van der Waals surface area contributed by atoms with E-state index in [9.17, 15) is 4.79 Å². The van der Waals surface area contributed by atoms with Crippen molar-refractivity contribution in [1.29, 1.82) is 0 Å². The average molecular weight is 426 g/mol. The van der Waals surface area contributed by atoms with Crippen LogP contribution in [-0.4, -0.2) is 34.4 Å². The molecule has 0 aromatic heterocycles. The Kier molecular flexibility index (Phi) is 7.41. The lowest BCUT2D eigenvalue weighted by Gasteiger charge is -2.06. The Bertz CT molecular complexity index is 1250. The minimum atomic E-state index is -0.456. The normalized spacial score (nSPS) is 9.50. The first-order chi connectivity index (χ1) is 15.6. The van der Waals surface area contributed by atoms with Gasteiger partial charge < -0.3 is 18.9 Å². The Hall–Kier alpha value is -4.35. The second-order valence-electron chi connectivity index (χ2n) is 6.56. The van der Waals surface area contributed by atoms with Gasteiger partial charge in [-0.3, -0.25) is 0 Å². The van der Waals surface area contributed by atoms with E-state index in [2.05, 4.69) is 23.7 Å². The molecule has 5 nitrogen and oxygen atoms in total. The summed E-state index contributed by atoms with van der Waals surface area (Å²) in [5, 5.41) is 0. The molecule has 0 aliphatic carbocycles. The highest BCUT2D eigenvalue weighted by molar-refractivity contribution is 5.92. The maximum atomic E-state index is 11.8. The van der Waals surface area contributed by atoms with Crippen LogP contribution in [0, 0.1) is 23.7 Å². The van der Waals surface area contributed by atoms with E-state index in [1.165, 1.54) is 14.2 Å². The SMILES string of the molecule is COC(=O)c1ccc(C#Cc2cccc(C#Cc3ccc(OC)c(OC)c3)c2)cc1OC. The minimum absolute atomic E-state index is 0.355. The largest absolute Gasteiger partial charge is 0.496 e. The second kappa shape index (κ2) is 10.6. The van der Waals surface area contributed by atoms with E-state index in [1.807, 2.05) is 42.5 Å². The van der Waals surface area contributed by atoms with Crippen molar-refractivity contribution in [3.8, 4) is 40.9 Å². The molecule has 32 heavy (non-hydrogen) atoms. The molecule has 0 atom stereocenters. The maximum absolute atomic E-state index is 11.8. The zero-order valence-electron chi connectivity index (χ0n) is 18.3. The van der Waals surface area contributed by atoms with Crippen molar-refractivity contribution in [2.75, 3.05) is 28.4 Å². The molecule has 3 aromatic carbocycles. The van der Waals surface area contributed by atoms with Crippen LogP contribution in [0.2, 0.25) is 0 Å². The van der Waals surface area contributed by atoms with Gasteiger partial charge in [-0.15, -0.1) is 0 Å². The van der Waals surface area contributed by atoms with Gasteiger partial charge >= 0.3 is 5.97 Å². The number of carbonyl (C=O) groups is 1. The van der Waals surface area contributed by atoms with E-state index >= 15 is 0 Å². The second-order valence-corrected chi connectivity index (χ2v) is 6.56. The zero-order valence-corrected chi connectivity index (χ0v) is 18.3. The first-order valence-corrected chi connectivity index (χ1v) is 9.70. The van der Waals surface area contributed by atoms with Crippen molar-refractivity contribution >= 4 is 5.97 Å². The van der Waals surface area contributed by atoms with Crippen LogP contribution in [0.4, 0.5) is 0 Å². The van der Waals surface area contributed by atoms with Gasteiger partial charge in [0.25, 0.3) is 0 Å². The monoisotopic (exact) mass is 426 g/mol. The number of ether oxygens (including phenoxy) is 4. The Balaban J connectivity index is 1.83. The van der Waals surface area contributed by atoms with Crippen molar-refractivity contribution < 1.29 is 23.7 Å². The zero-order chi connectivity index (χ0) is 22.9. The minimum Gasteiger partial charge on any atom is -0.496 e. The van der Waals surface area contributed by atoms with Gasteiger partial charge in [-0.25, -0.2) is 4.79 Å². The van der Waals surface area contributed by atoms with Crippen molar-refractivity contribution in [2.45, 2.75) is 0 Å². The van der Waals surface area contributed by atoms with Gasteiger partial charge in [0.05, 0.1) is 28.4 Å². The number of carbonyl (C=O) groups excluding carboxylic acids is 1. The molecule has 0 heterocycles. The summed E-state index contributed by atoms with van der Waals surface area (Å²) < 4.78 is 20.6. The standard InChI is InChI=1S/C27H22O5/c1-29-24-15-13-22(18-26(24)31-3)11-9-20-7-5-6-19(16-20)8-10-21-12-14-23(27(28)32-4)25(17-21)30-2/h5-7,12-18H,1-4H3. The fourth-order valence-corrected chi connectivity index (χ4v) is 2.92. The van der Waals surface area contributed by atoms with Gasteiger partial charge in [0.15, 0.2) is 11.5 Å². The molecule has 0 unspecified atom stereocenters. The summed E-state index contributed by atoms with van der Waals surface area (Å²) in [5.74, 6) is 13.7. The lowest BCUT2D eigenvalue weighted by molar-refractivity contribution is 0.0597. The molecule has 0 fully saturated rings. The van der Waals surface area contributed by atoms with Crippen LogP contribution in [0.5, 0.6) is 17.2 Å². The molecule has 0 saturated carbocycles. The number of methoxy groups -OCH3 is 4. The Labute approximate surface area is 187 Å². The molecule has 160 valence electrons. The molecule has 5 heteroatoms. The number of esters is 1. The third kappa shape index (κ3) is 5.41. The molecule has 0 N–H and O–H groups in total. The van der Waals surface area contributed by atoms with Crippen LogP contribution in [-0.2, 0) is 4.74 Å². The molecule has 0 aliphatic rings. The Morgan fingerprint density at radius 3 is 1.62 bits per heavy atom. The first kappa shape index (κ1) is 22.3. The molecule has 0 bridgehead atoms. The molecule has 0 amide bonds. The van der Waals surface area contributed by atoms with Crippen molar-refractivity contribution in [2.24, 2.45) is 0 Å². The fraction of sp³-hybridized carbons (Fsp3) is 0.148. The van der Waals surface area contributed by atoms with E-state index in [-0.39, 0.29) is 0 Å². The van der Waals surface area contributed by atoms with Crippen molar-refractivity contribution in [3.05, 3.63) is 88.5 Å². The van der Waals surface area contributed by atoms with Crippen LogP contribution in [0.25, 0.3) is 0 Å². The molecule has 3 aromatic rings. The summed E-state index contributed by atoms with van der Waals surface area (Å²) in [6, 6.07) is 18.3. The van der Waals surface area contributed by atoms with E-state index in [1.54, 1.807) is 32.4 Å². The van der Waals surface area contributed by atoms with E-state index in [4.69, 9.17) is 18.9 Å². The highest BCUT2D eigenvalue weighted by Crippen LogP contribution is 2.27. The molecule has 0 spiro atoms. The van der Waals surface area contributed by atoms with Gasteiger partial charge in [-0.05, 0) is 54.6 Å². The maximum Gasteiger partial charge on any atom is 0.341 e.